The summed E-state index contributed by atoms with van der Waals surface area (Å²) in [6, 6.07) is 0. The van der Waals surface area contributed by atoms with Gasteiger partial charge in [0.1, 0.15) is 8.46 Å². The van der Waals surface area contributed by atoms with Gasteiger partial charge in [-0.05, 0) is 12.8 Å². The molecule has 0 saturated carbocycles. The minimum Gasteiger partial charge on any atom is -0.480 e. The van der Waals surface area contributed by atoms with Crippen LogP contribution in [0.5, 0.6) is 0 Å². The van der Waals surface area contributed by atoms with Gasteiger partial charge >= 0.3 is 17.9 Å². The van der Waals surface area contributed by atoms with Crippen molar-refractivity contribution in [2.45, 2.75) is 31.7 Å². The molecule has 0 bridgehead atoms. The fourth-order valence-corrected chi connectivity index (χ4v) is 4.43. The summed E-state index contributed by atoms with van der Waals surface area (Å²) in [7, 11) is -1.56. The summed E-state index contributed by atoms with van der Waals surface area (Å²) in [6.07, 6.45) is 1.79. The van der Waals surface area contributed by atoms with E-state index >= 15 is 0 Å². The van der Waals surface area contributed by atoms with E-state index in [0.717, 1.165) is 6.42 Å². The van der Waals surface area contributed by atoms with E-state index in [0.29, 0.717) is 39.0 Å². The maximum atomic E-state index is 12.0. The topological polar surface area (TPSA) is 162 Å². The molecule has 0 aliphatic carbocycles. The predicted molar refractivity (Wildman–Crippen MR) is 119 cm³/mol. The van der Waals surface area contributed by atoms with Crippen LogP contribution in [0.2, 0.25) is 0 Å². The molecule has 0 spiro atoms. The molecule has 1 heterocycles. The molecule has 32 heavy (non-hydrogen) atoms. The van der Waals surface area contributed by atoms with Gasteiger partial charge in [0, 0.05) is 52.4 Å². The normalized spacial score (nSPS) is 21.1. The monoisotopic (exact) mass is 480 g/mol. The van der Waals surface area contributed by atoms with Crippen LogP contribution in [0.15, 0.2) is 0 Å². The second-order valence-electron chi connectivity index (χ2n) is 8.10. The summed E-state index contributed by atoms with van der Waals surface area (Å²) in [5.41, 5.74) is -1.51. The summed E-state index contributed by atoms with van der Waals surface area (Å²) >= 11 is 0. The third-order valence-electron chi connectivity index (χ3n) is 5.55. The minimum absolute atomic E-state index is 0.232. The Labute approximate surface area is 189 Å². The molecule has 1 fully saturated rings. The fourth-order valence-electron chi connectivity index (χ4n) is 3.70. The number of hydrogen-bond donors (Lipinski definition) is 4. The van der Waals surface area contributed by atoms with Gasteiger partial charge in [-0.1, -0.05) is 13.3 Å². The van der Waals surface area contributed by atoms with Crippen molar-refractivity contribution in [3.8, 4) is 0 Å². The Bertz CT molecular complexity index is 608. The van der Waals surface area contributed by atoms with Gasteiger partial charge in [-0.15, -0.1) is 0 Å². The van der Waals surface area contributed by atoms with Crippen LogP contribution in [0.1, 0.15) is 26.2 Å². The van der Waals surface area contributed by atoms with Gasteiger partial charge in [-0.25, -0.2) is 0 Å². The van der Waals surface area contributed by atoms with Crippen molar-refractivity contribution in [2.75, 3.05) is 72.0 Å². The molecule has 13 heteroatoms. The van der Waals surface area contributed by atoms with Crippen molar-refractivity contribution in [3.05, 3.63) is 0 Å². The number of rotatable bonds is 11. The Morgan fingerprint density at radius 3 is 1.38 bits per heavy atom. The summed E-state index contributed by atoms with van der Waals surface area (Å²) in [4.78, 5) is 40.5. The number of carbonyl (C=O) groups is 3. The van der Waals surface area contributed by atoms with Crippen molar-refractivity contribution in [3.63, 3.8) is 0 Å². The lowest BCUT2D eigenvalue weighted by Gasteiger charge is -2.39. The fraction of sp³-hybridized carbons (Fsp3) is 0.842. The first-order valence-electron chi connectivity index (χ1n) is 10.9. The zero-order valence-electron chi connectivity index (χ0n) is 18.7. The van der Waals surface area contributed by atoms with Gasteiger partial charge in [-0.3, -0.25) is 34.0 Å². The Hall–Kier alpha value is -1.56. The van der Waals surface area contributed by atoms with E-state index in [2.05, 4.69) is 0 Å². The van der Waals surface area contributed by atoms with Gasteiger partial charge in [0.25, 0.3) is 0 Å². The minimum atomic E-state index is -1.56. The summed E-state index contributed by atoms with van der Waals surface area (Å²) in [6.45, 7) is 3.50. The van der Waals surface area contributed by atoms with E-state index in [9.17, 15) is 39.4 Å². The first-order chi connectivity index (χ1) is 15.1. The van der Waals surface area contributed by atoms with Crippen molar-refractivity contribution in [1.29, 1.82) is 0 Å². The highest BCUT2D eigenvalue weighted by Gasteiger charge is 2.33. The molecule has 4 N–H and O–H groups in total. The summed E-state index contributed by atoms with van der Waals surface area (Å²) in [5, 5.41) is 38.7. The first kappa shape index (κ1) is 28.5. The first-order valence-corrected chi connectivity index (χ1v) is 11.9. The standard InChI is InChI=1S/C19H37N4O8P/c1-2-3-4-19(30,32-31)23-11-9-21(14-17(26)27)7-5-20(13-16(24)25)6-8-22(10-12-23)15-18(28)29/h30H,2-15,32H2,1H3,(H,24,25)(H,26,27)(H,28,29). The molecule has 12 nitrogen and oxygen atoms in total. The molecule has 1 aliphatic rings. The second-order valence-corrected chi connectivity index (χ2v) is 9.26. The average Bonchev–Trinajstić information content (AvgIpc) is 2.70. The van der Waals surface area contributed by atoms with Crippen LogP contribution in [0, 0.1) is 0 Å². The van der Waals surface area contributed by atoms with Crippen LogP contribution in [0.3, 0.4) is 0 Å². The van der Waals surface area contributed by atoms with Crippen LogP contribution < -0.4 is 0 Å². The molecule has 2 unspecified atom stereocenters. The third-order valence-corrected chi connectivity index (χ3v) is 6.58. The highest BCUT2D eigenvalue weighted by Crippen LogP contribution is 2.30. The summed E-state index contributed by atoms with van der Waals surface area (Å²) in [5.74, 6) is -3.05. The average molecular weight is 480 g/mol. The quantitative estimate of drug-likeness (QED) is 0.269. The highest BCUT2D eigenvalue weighted by molar-refractivity contribution is 7.25. The van der Waals surface area contributed by atoms with Crippen LogP contribution in [0.4, 0.5) is 0 Å². The second kappa shape index (κ2) is 14.6. The van der Waals surface area contributed by atoms with E-state index in [1.807, 2.05) is 6.92 Å². The number of aliphatic hydroxyl groups is 1. The molecule has 0 aromatic heterocycles. The molecule has 0 radical (unpaired) electrons. The van der Waals surface area contributed by atoms with E-state index in [-0.39, 0.29) is 45.8 Å². The van der Waals surface area contributed by atoms with Gasteiger partial charge in [0.2, 0.25) is 0 Å². The molecule has 1 saturated heterocycles. The Morgan fingerprint density at radius 2 is 1.09 bits per heavy atom. The van der Waals surface area contributed by atoms with Crippen molar-refractivity contribution in [2.24, 2.45) is 0 Å². The molecule has 0 aromatic rings. The summed E-state index contributed by atoms with van der Waals surface area (Å²) < 4.78 is 12.0. The zero-order chi connectivity index (χ0) is 24.1. The van der Waals surface area contributed by atoms with Crippen LogP contribution in [-0.4, -0.2) is 135 Å². The number of hydrogen-bond acceptors (Lipinski definition) is 9. The number of aliphatic carboxylic acids is 3. The van der Waals surface area contributed by atoms with Gasteiger partial charge in [-0.2, -0.15) is 0 Å². The lowest BCUT2D eigenvalue weighted by molar-refractivity contribution is -0.141. The van der Waals surface area contributed by atoms with Crippen molar-refractivity contribution in [1.82, 2.24) is 19.6 Å². The molecule has 0 amide bonds. The van der Waals surface area contributed by atoms with E-state index in [1.165, 1.54) is 0 Å². The maximum Gasteiger partial charge on any atom is 0.317 e. The lowest BCUT2D eigenvalue weighted by Crippen LogP contribution is -2.53. The molecule has 2 atom stereocenters. The van der Waals surface area contributed by atoms with Crippen molar-refractivity contribution >= 4 is 26.4 Å². The van der Waals surface area contributed by atoms with Crippen molar-refractivity contribution < 1.29 is 39.4 Å². The maximum absolute atomic E-state index is 12.0. The van der Waals surface area contributed by atoms with E-state index < -0.39 is 31.8 Å². The molecule has 1 rings (SSSR count). The third kappa shape index (κ3) is 10.8. The van der Waals surface area contributed by atoms with E-state index in [1.54, 1.807) is 19.6 Å². The zero-order valence-corrected chi connectivity index (χ0v) is 19.8. The Morgan fingerprint density at radius 1 is 0.750 bits per heavy atom. The van der Waals surface area contributed by atoms with Crippen LogP contribution in [0.25, 0.3) is 0 Å². The Balaban J connectivity index is 3.11. The molecule has 186 valence electrons. The highest BCUT2D eigenvalue weighted by atomic mass is 31.1. The van der Waals surface area contributed by atoms with Crippen LogP contribution in [-0.2, 0) is 18.9 Å². The molecule has 0 aromatic carbocycles. The van der Waals surface area contributed by atoms with E-state index in [4.69, 9.17) is 0 Å². The number of carboxylic acids is 3. The van der Waals surface area contributed by atoms with Crippen LogP contribution >= 0.6 is 8.46 Å². The number of nitrogens with zero attached hydrogens (tertiary/aromatic N) is 4. The smallest absolute Gasteiger partial charge is 0.317 e. The largest absolute Gasteiger partial charge is 0.480 e. The van der Waals surface area contributed by atoms with Gasteiger partial charge in [0.05, 0.1) is 19.6 Å². The molecular formula is C19H37N4O8P. The van der Waals surface area contributed by atoms with Gasteiger partial charge < -0.3 is 25.0 Å². The lowest BCUT2D eigenvalue weighted by atomic mass is 10.2. The number of carboxylic acid groups (broad SMARTS) is 3. The Kier molecular flexibility index (Phi) is 13.0. The molecule has 1 aliphatic heterocycles. The number of unbranched alkanes of at least 4 members (excludes halogenated alkanes) is 1. The molecular weight excluding hydrogens is 443 g/mol. The van der Waals surface area contributed by atoms with Gasteiger partial charge in [0.15, 0.2) is 5.47 Å². The predicted octanol–water partition coefficient (Wildman–Crippen LogP) is -0.946. The SMILES string of the molecule is CCCCC(O)([PH2]=O)N1CCN(CC(=O)O)CCN(CC(=O)O)CCN(CC(=O)O)CC1.